The number of ketones is 1. The first-order valence-electron chi connectivity index (χ1n) is 5.93. The second kappa shape index (κ2) is 5.00. The van der Waals surface area contributed by atoms with Gasteiger partial charge in [0.25, 0.3) is 0 Å². The summed E-state index contributed by atoms with van der Waals surface area (Å²) in [5, 5.41) is 0. The SMILES string of the molecule is CCC(=O)c1ccn(Cc2cccc(C)c2)c1. The van der Waals surface area contributed by atoms with E-state index in [0.29, 0.717) is 6.42 Å². The maximum atomic E-state index is 11.5. The Kier molecular flexibility index (Phi) is 3.43. The third-order valence-corrected chi connectivity index (χ3v) is 2.84. The summed E-state index contributed by atoms with van der Waals surface area (Å²) in [6.07, 6.45) is 4.45. The molecular formula is C15H17NO. The van der Waals surface area contributed by atoms with Crippen LogP contribution in [0.1, 0.15) is 34.8 Å². The lowest BCUT2D eigenvalue weighted by molar-refractivity contribution is 0.0988. The molecule has 1 aromatic heterocycles. The van der Waals surface area contributed by atoms with E-state index in [1.54, 1.807) is 0 Å². The van der Waals surface area contributed by atoms with Crippen molar-refractivity contribution in [2.75, 3.05) is 0 Å². The summed E-state index contributed by atoms with van der Waals surface area (Å²) < 4.78 is 2.05. The quantitative estimate of drug-likeness (QED) is 0.733. The highest BCUT2D eigenvalue weighted by Gasteiger charge is 2.04. The highest BCUT2D eigenvalue weighted by Crippen LogP contribution is 2.09. The van der Waals surface area contributed by atoms with Gasteiger partial charge in [-0.05, 0) is 18.6 Å². The molecule has 88 valence electrons. The molecule has 17 heavy (non-hydrogen) atoms. The zero-order chi connectivity index (χ0) is 12.3. The van der Waals surface area contributed by atoms with E-state index >= 15 is 0 Å². The molecule has 0 amide bonds. The van der Waals surface area contributed by atoms with Crippen molar-refractivity contribution < 1.29 is 4.79 Å². The lowest BCUT2D eigenvalue weighted by Gasteiger charge is -2.04. The Morgan fingerprint density at radius 3 is 2.82 bits per heavy atom. The van der Waals surface area contributed by atoms with Crippen molar-refractivity contribution in [1.82, 2.24) is 4.57 Å². The molecule has 2 aromatic rings. The fourth-order valence-electron chi connectivity index (χ4n) is 1.93. The number of carbonyl (C=O) groups excluding carboxylic acids is 1. The third kappa shape index (κ3) is 2.84. The van der Waals surface area contributed by atoms with Gasteiger partial charge in [0.05, 0.1) is 0 Å². The topological polar surface area (TPSA) is 22.0 Å². The number of rotatable bonds is 4. The molecule has 0 spiro atoms. The van der Waals surface area contributed by atoms with Crippen LogP contribution in [0.25, 0.3) is 0 Å². The molecule has 0 bridgehead atoms. The van der Waals surface area contributed by atoms with E-state index in [1.807, 2.05) is 25.4 Å². The molecule has 1 aromatic carbocycles. The molecule has 0 unspecified atom stereocenters. The first-order chi connectivity index (χ1) is 8.19. The number of Topliss-reactive ketones (excluding diaryl/α,β-unsaturated/α-hetero) is 1. The Morgan fingerprint density at radius 2 is 2.12 bits per heavy atom. The van der Waals surface area contributed by atoms with Gasteiger partial charge in [-0.25, -0.2) is 0 Å². The number of aryl methyl sites for hydroxylation is 1. The van der Waals surface area contributed by atoms with Crippen molar-refractivity contribution in [1.29, 1.82) is 0 Å². The van der Waals surface area contributed by atoms with Crippen LogP contribution >= 0.6 is 0 Å². The summed E-state index contributed by atoms with van der Waals surface area (Å²) in [5.41, 5.74) is 3.33. The Bertz CT molecular complexity index is 525. The summed E-state index contributed by atoms with van der Waals surface area (Å²) in [5.74, 6) is 0.202. The molecule has 0 aliphatic carbocycles. The first-order valence-corrected chi connectivity index (χ1v) is 5.93. The van der Waals surface area contributed by atoms with Crippen molar-refractivity contribution in [2.45, 2.75) is 26.8 Å². The van der Waals surface area contributed by atoms with Crippen LogP contribution in [0.5, 0.6) is 0 Å². The summed E-state index contributed by atoms with van der Waals surface area (Å²) in [4.78, 5) is 11.5. The number of hydrogen-bond acceptors (Lipinski definition) is 1. The van der Waals surface area contributed by atoms with Gasteiger partial charge < -0.3 is 4.57 Å². The van der Waals surface area contributed by atoms with Crippen LogP contribution in [0, 0.1) is 6.92 Å². The standard InChI is InChI=1S/C15H17NO/c1-3-15(17)14-7-8-16(11-14)10-13-6-4-5-12(2)9-13/h4-9,11H,3,10H2,1-2H3. The first kappa shape index (κ1) is 11.6. The molecular weight excluding hydrogens is 210 g/mol. The zero-order valence-corrected chi connectivity index (χ0v) is 10.3. The van der Waals surface area contributed by atoms with Gasteiger partial charge >= 0.3 is 0 Å². The molecule has 0 aliphatic heterocycles. The predicted octanol–water partition coefficient (Wildman–Crippen LogP) is 3.44. The highest BCUT2D eigenvalue weighted by atomic mass is 16.1. The Labute approximate surface area is 102 Å². The van der Waals surface area contributed by atoms with Gasteiger partial charge in [-0.2, -0.15) is 0 Å². The largest absolute Gasteiger partial charge is 0.349 e. The zero-order valence-electron chi connectivity index (χ0n) is 10.3. The van der Waals surface area contributed by atoms with E-state index in [1.165, 1.54) is 11.1 Å². The second-order valence-corrected chi connectivity index (χ2v) is 4.34. The van der Waals surface area contributed by atoms with Gasteiger partial charge in [-0.3, -0.25) is 4.79 Å². The Hall–Kier alpha value is -1.83. The summed E-state index contributed by atoms with van der Waals surface area (Å²) >= 11 is 0. The highest BCUT2D eigenvalue weighted by molar-refractivity contribution is 5.95. The van der Waals surface area contributed by atoms with E-state index in [4.69, 9.17) is 0 Å². The van der Waals surface area contributed by atoms with Crippen LogP contribution in [0.2, 0.25) is 0 Å². The average molecular weight is 227 g/mol. The molecule has 0 atom stereocenters. The number of nitrogens with zero attached hydrogens (tertiary/aromatic N) is 1. The lowest BCUT2D eigenvalue weighted by atomic mass is 10.1. The van der Waals surface area contributed by atoms with Crippen molar-refractivity contribution in [3.05, 3.63) is 59.4 Å². The molecule has 0 radical (unpaired) electrons. The molecule has 0 N–H and O–H groups in total. The fourth-order valence-corrected chi connectivity index (χ4v) is 1.93. The predicted molar refractivity (Wildman–Crippen MR) is 69.3 cm³/mol. The fraction of sp³-hybridized carbons (Fsp3) is 0.267. The minimum atomic E-state index is 0.202. The molecule has 0 aliphatic rings. The van der Waals surface area contributed by atoms with E-state index in [9.17, 15) is 4.79 Å². The van der Waals surface area contributed by atoms with E-state index in [-0.39, 0.29) is 5.78 Å². The van der Waals surface area contributed by atoms with Crippen LogP contribution < -0.4 is 0 Å². The smallest absolute Gasteiger partial charge is 0.164 e. The average Bonchev–Trinajstić information content (AvgIpc) is 2.76. The molecule has 2 heteroatoms. The van der Waals surface area contributed by atoms with Crippen molar-refractivity contribution in [2.24, 2.45) is 0 Å². The number of aromatic nitrogens is 1. The molecule has 2 rings (SSSR count). The summed E-state index contributed by atoms with van der Waals surface area (Å²) in [6, 6.07) is 10.3. The minimum absolute atomic E-state index is 0.202. The van der Waals surface area contributed by atoms with Gasteiger partial charge in [0.15, 0.2) is 5.78 Å². The molecule has 1 heterocycles. The Morgan fingerprint density at radius 1 is 1.29 bits per heavy atom. The maximum Gasteiger partial charge on any atom is 0.164 e. The minimum Gasteiger partial charge on any atom is -0.349 e. The van der Waals surface area contributed by atoms with Gasteiger partial charge in [-0.15, -0.1) is 0 Å². The van der Waals surface area contributed by atoms with Gasteiger partial charge in [0.2, 0.25) is 0 Å². The van der Waals surface area contributed by atoms with Crippen molar-refractivity contribution in [3.8, 4) is 0 Å². The van der Waals surface area contributed by atoms with Crippen molar-refractivity contribution >= 4 is 5.78 Å². The second-order valence-electron chi connectivity index (χ2n) is 4.34. The van der Waals surface area contributed by atoms with E-state index < -0.39 is 0 Å². The molecule has 0 saturated heterocycles. The molecule has 2 nitrogen and oxygen atoms in total. The molecule has 0 saturated carbocycles. The van der Waals surface area contributed by atoms with Gasteiger partial charge in [0.1, 0.15) is 0 Å². The van der Waals surface area contributed by atoms with E-state index in [2.05, 4.69) is 35.8 Å². The maximum absolute atomic E-state index is 11.5. The van der Waals surface area contributed by atoms with Crippen LogP contribution in [0.15, 0.2) is 42.7 Å². The number of carbonyl (C=O) groups is 1. The third-order valence-electron chi connectivity index (χ3n) is 2.84. The van der Waals surface area contributed by atoms with Crippen LogP contribution in [0.4, 0.5) is 0 Å². The van der Waals surface area contributed by atoms with E-state index in [0.717, 1.165) is 12.1 Å². The van der Waals surface area contributed by atoms with Gasteiger partial charge in [-0.1, -0.05) is 36.8 Å². The Balaban J connectivity index is 2.14. The number of hydrogen-bond donors (Lipinski definition) is 0. The van der Waals surface area contributed by atoms with Crippen LogP contribution in [-0.2, 0) is 6.54 Å². The molecule has 0 fully saturated rings. The summed E-state index contributed by atoms with van der Waals surface area (Å²) in [6.45, 7) is 4.80. The monoisotopic (exact) mass is 227 g/mol. The lowest BCUT2D eigenvalue weighted by Crippen LogP contribution is -1.98. The van der Waals surface area contributed by atoms with Crippen LogP contribution in [-0.4, -0.2) is 10.4 Å². The van der Waals surface area contributed by atoms with Crippen LogP contribution in [0.3, 0.4) is 0 Å². The number of benzene rings is 1. The normalized spacial score (nSPS) is 10.5. The van der Waals surface area contributed by atoms with Gasteiger partial charge in [0, 0.05) is 30.9 Å². The summed E-state index contributed by atoms with van der Waals surface area (Å²) in [7, 11) is 0. The van der Waals surface area contributed by atoms with Crippen molar-refractivity contribution in [3.63, 3.8) is 0 Å².